The molecule has 4 rings (SSSR count). The predicted octanol–water partition coefficient (Wildman–Crippen LogP) is 5.21. The monoisotopic (exact) mass is 354 g/mol. The Morgan fingerprint density at radius 1 is 1.16 bits per heavy atom. The maximum Gasteiger partial charge on any atom is 0.289 e. The smallest absolute Gasteiger partial charge is 0.289 e. The minimum atomic E-state index is -0.0353. The Hall–Kier alpha value is -2.14. The number of aromatic nitrogens is 1. The molecule has 0 saturated heterocycles. The molecular formula is C20H22N2O2S. The van der Waals surface area contributed by atoms with Gasteiger partial charge in [-0.2, -0.15) is 0 Å². The molecule has 0 N–H and O–H groups in total. The molecule has 25 heavy (non-hydrogen) atoms. The van der Waals surface area contributed by atoms with Crippen LogP contribution in [0.2, 0.25) is 0 Å². The molecular weight excluding hydrogens is 332 g/mol. The van der Waals surface area contributed by atoms with Crippen molar-refractivity contribution in [1.29, 1.82) is 0 Å². The second kappa shape index (κ2) is 6.64. The van der Waals surface area contributed by atoms with Gasteiger partial charge in [-0.1, -0.05) is 19.1 Å². The molecule has 0 aliphatic heterocycles. The summed E-state index contributed by atoms with van der Waals surface area (Å²) in [5, 5.41) is 0.814. The average molecular weight is 354 g/mol. The molecule has 130 valence electrons. The summed E-state index contributed by atoms with van der Waals surface area (Å²) < 4.78 is 6.97. The van der Waals surface area contributed by atoms with Gasteiger partial charge < -0.3 is 9.32 Å². The number of carbonyl (C=O) groups excluding carboxylic acids is 1. The Morgan fingerprint density at radius 2 is 1.92 bits per heavy atom. The van der Waals surface area contributed by atoms with Gasteiger partial charge in [0.05, 0.1) is 10.2 Å². The van der Waals surface area contributed by atoms with E-state index in [9.17, 15) is 4.79 Å². The van der Waals surface area contributed by atoms with Crippen molar-refractivity contribution in [2.75, 3.05) is 7.05 Å². The summed E-state index contributed by atoms with van der Waals surface area (Å²) in [5.74, 6) is 1.80. The molecule has 0 radical (unpaired) electrons. The quantitative estimate of drug-likeness (QED) is 0.649. The summed E-state index contributed by atoms with van der Waals surface area (Å²) in [6.07, 6.45) is 4.54. The first-order chi connectivity index (χ1) is 12.1. The number of para-hydroxylation sites is 1. The fraction of sp³-hybridized carbons (Fsp3) is 0.400. The van der Waals surface area contributed by atoms with Gasteiger partial charge in [-0.05, 0) is 55.9 Å². The SMILES string of the molecule is CC1CCC(N(C)C(=O)c2ccc(-c3nc4ccccc4s3)o2)CC1. The van der Waals surface area contributed by atoms with Gasteiger partial charge in [0.1, 0.15) is 0 Å². The molecule has 1 saturated carbocycles. The standard InChI is InChI=1S/C20H22N2O2S/c1-13-7-9-14(10-8-13)22(2)20(23)17-12-11-16(24-17)19-21-15-5-3-4-6-18(15)25-19/h3-6,11-14H,7-10H2,1-2H3. The van der Waals surface area contributed by atoms with E-state index in [2.05, 4.69) is 11.9 Å². The van der Waals surface area contributed by atoms with Crippen LogP contribution < -0.4 is 0 Å². The molecule has 1 fully saturated rings. The Labute approximate surface area is 151 Å². The zero-order valence-corrected chi connectivity index (χ0v) is 15.4. The normalized spacial score (nSPS) is 20.7. The molecule has 1 aromatic carbocycles. The van der Waals surface area contributed by atoms with Gasteiger partial charge in [0, 0.05) is 13.1 Å². The summed E-state index contributed by atoms with van der Waals surface area (Å²) in [6, 6.07) is 11.9. The van der Waals surface area contributed by atoms with Crippen LogP contribution in [-0.2, 0) is 0 Å². The van der Waals surface area contributed by atoms with Crippen molar-refractivity contribution in [3.05, 3.63) is 42.2 Å². The number of carbonyl (C=O) groups is 1. The van der Waals surface area contributed by atoms with E-state index in [4.69, 9.17) is 4.42 Å². The van der Waals surface area contributed by atoms with Crippen LogP contribution in [0.5, 0.6) is 0 Å². The third-order valence-corrected chi connectivity index (χ3v) is 6.23. The van der Waals surface area contributed by atoms with Crippen LogP contribution in [0.3, 0.4) is 0 Å². The van der Waals surface area contributed by atoms with Gasteiger partial charge >= 0.3 is 0 Å². The number of amides is 1. The summed E-state index contributed by atoms with van der Waals surface area (Å²) >= 11 is 1.58. The van der Waals surface area contributed by atoms with Crippen molar-refractivity contribution in [2.24, 2.45) is 5.92 Å². The van der Waals surface area contributed by atoms with Crippen LogP contribution in [0.15, 0.2) is 40.8 Å². The number of rotatable bonds is 3. The minimum absolute atomic E-state index is 0.0353. The molecule has 1 aliphatic carbocycles. The van der Waals surface area contributed by atoms with Crippen LogP contribution in [0.25, 0.3) is 21.0 Å². The third-order valence-electron chi connectivity index (χ3n) is 5.17. The highest BCUT2D eigenvalue weighted by Gasteiger charge is 2.27. The van der Waals surface area contributed by atoms with E-state index >= 15 is 0 Å². The van der Waals surface area contributed by atoms with E-state index in [0.29, 0.717) is 17.6 Å². The fourth-order valence-electron chi connectivity index (χ4n) is 3.51. The third kappa shape index (κ3) is 3.21. The summed E-state index contributed by atoms with van der Waals surface area (Å²) in [5.41, 5.74) is 0.959. The molecule has 2 heterocycles. The topological polar surface area (TPSA) is 46.3 Å². The number of benzene rings is 1. The zero-order valence-electron chi connectivity index (χ0n) is 14.6. The number of nitrogens with zero attached hydrogens (tertiary/aromatic N) is 2. The number of furan rings is 1. The van der Waals surface area contributed by atoms with Gasteiger partial charge in [-0.25, -0.2) is 4.98 Å². The van der Waals surface area contributed by atoms with E-state index in [0.717, 1.165) is 34.0 Å². The summed E-state index contributed by atoms with van der Waals surface area (Å²) in [6.45, 7) is 2.29. The molecule has 1 amide bonds. The van der Waals surface area contributed by atoms with Gasteiger partial charge in [-0.3, -0.25) is 4.79 Å². The lowest BCUT2D eigenvalue weighted by molar-refractivity contribution is 0.0648. The van der Waals surface area contributed by atoms with Crippen LogP contribution in [0.1, 0.15) is 43.2 Å². The Balaban J connectivity index is 1.53. The van der Waals surface area contributed by atoms with Crippen LogP contribution >= 0.6 is 11.3 Å². The van der Waals surface area contributed by atoms with Crippen LogP contribution in [-0.4, -0.2) is 28.9 Å². The van der Waals surface area contributed by atoms with E-state index in [1.807, 2.05) is 42.3 Å². The van der Waals surface area contributed by atoms with Crippen molar-refractivity contribution in [3.8, 4) is 10.8 Å². The van der Waals surface area contributed by atoms with Crippen molar-refractivity contribution in [3.63, 3.8) is 0 Å². The van der Waals surface area contributed by atoms with Gasteiger partial charge in [0.25, 0.3) is 5.91 Å². The zero-order chi connectivity index (χ0) is 17.4. The summed E-state index contributed by atoms with van der Waals surface area (Å²) in [7, 11) is 1.89. The molecule has 0 bridgehead atoms. The molecule has 3 aromatic rings. The van der Waals surface area contributed by atoms with Crippen molar-refractivity contribution in [2.45, 2.75) is 38.6 Å². The Morgan fingerprint density at radius 3 is 2.68 bits per heavy atom. The maximum absolute atomic E-state index is 12.8. The van der Waals surface area contributed by atoms with Crippen molar-refractivity contribution < 1.29 is 9.21 Å². The van der Waals surface area contributed by atoms with Crippen LogP contribution in [0, 0.1) is 5.92 Å². The highest BCUT2D eigenvalue weighted by Crippen LogP contribution is 2.32. The van der Waals surface area contributed by atoms with E-state index in [-0.39, 0.29) is 5.91 Å². The van der Waals surface area contributed by atoms with Crippen molar-refractivity contribution >= 4 is 27.5 Å². The Kier molecular flexibility index (Phi) is 4.34. The van der Waals surface area contributed by atoms with E-state index < -0.39 is 0 Å². The number of fused-ring (bicyclic) bond motifs is 1. The van der Waals surface area contributed by atoms with E-state index in [1.165, 1.54) is 12.8 Å². The van der Waals surface area contributed by atoms with Gasteiger partial charge in [-0.15, -0.1) is 11.3 Å². The van der Waals surface area contributed by atoms with E-state index in [1.54, 1.807) is 17.4 Å². The molecule has 0 atom stereocenters. The highest BCUT2D eigenvalue weighted by molar-refractivity contribution is 7.21. The molecule has 0 spiro atoms. The van der Waals surface area contributed by atoms with Gasteiger partial charge in [0.2, 0.25) is 0 Å². The lowest BCUT2D eigenvalue weighted by Crippen LogP contribution is -2.39. The lowest BCUT2D eigenvalue weighted by Gasteiger charge is -2.33. The first kappa shape index (κ1) is 16.3. The molecule has 5 heteroatoms. The Bertz CT molecular complexity index is 857. The number of hydrogen-bond donors (Lipinski definition) is 0. The fourth-order valence-corrected chi connectivity index (χ4v) is 4.44. The molecule has 0 unspecified atom stereocenters. The molecule has 2 aromatic heterocycles. The largest absolute Gasteiger partial charge is 0.448 e. The molecule has 4 nitrogen and oxygen atoms in total. The average Bonchev–Trinajstić information content (AvgIpc) is 3.27. The predicted molar refractivity (Wildman–Crippen MR) is 101 cm³/mol. The van der Waals surface area contributed by atoms with Crippen molar-refractivity contribution in [1.82, 2.24) is 9.88 Å². The minimum Gasteiger partial charge on any atom is -0.448 e. The molecule has 1 aliphatic rings. The maximum atomic E-state index is 12.8. The second-order valence-corrected chi connectivity index (χ2v) is 8.01. The first-order valence-corrected chi connectivity index (χ1v) is 9.66. The second-order valence-electron chi connectivity index (χ2n) is 6.98. The highest BCUT2D eigenvalue weighted by atomic mass is 32.1. The lowest BCUT2D eigenvalue weighted by atomic mass is 9.87. The number of hydrogen-bond acceptors (Lipinski definition) is 4. The summed E-state index contributed by atoms with van der Waals surface area (Å²) in [4.78, 5) is 19.2. The van der Waals surface area contributed by atoms with Crippen LogP contribution in [0.4, 0.5) is 0 Å². The number of thiazole rings is 1. The first-order valence-electron chi connectivity index (χ1n) is 8.85. The van der Waals surface area contributed by atoms with Gasteiger partial charge in [0.15, 0.2) is 16.5 Å².